The lowest BCUT2D eigenvalue weighted by Gasteiger charge is -2.32. The van der Waals surface area contributed by atoms with Crippen LogP contribution in [0.4, 0.5) is 10.5 Å². The highest BCUT2D eigenvalue weighted by molar-refractivity contribution is 6.03. The zero-order valence-corrected chi connectivity index (χ0v) is 16.7. The molecule has 1 aliphatic heterocycles. The number of aliphatic hydroxyl groups excluding tert-OH is 1. The van der Waals surface area contributed by atoms with Gasteiger partial charge in [0.1, 0.15) is 18.1 Å². The number of rotatable bonds is 4. The summed E-state index contributed by atoms with van der Waals surface area (Å²) in [6.07, 6.45) is -1.00. The average molecular weight is 410 g/mol. The predicted octanol–water partition coefficient (Wildman–Crippen LogP) is 3.02. The molecule has 1 amide bonds. The Bertz CT molecular complexity index is 1090. The maximum Gasteiger partial charge on any atom is 0.414 e. The van der Waals surface area contributed by atoms with Gasteiger partial charge in [-0.2, -0.15) is 0 Å². The Morgan fingerprint density at radius 2 is 1.93 bits per heavy atom. The minimum absolute atomic E-state index is 0.109. The molecule has 0 saturated carbocycles. The molecule has 1 aromatic heterocycles. The van der Waals surface area contributed by atoms with Crippen molar-refractivity contribution in [3.63, 3.8) is 0 Å². The molecule has 156 valence electrons. The van der Waals surface area contributed by atoms with Gasteiger partial charge >= 0.3 is 12.1 Å². The van der Waals surface area contributed by atoms with Crippen LogP contribution in [0.15, 0.2) is 42.5 Å². The number of nitrogens with one attached hydrogen (secondary N) is 1. The molecule has 4 rings (SSSR count). The molecule has 0 bridgehead atoms. The van der Waals surface area contributed by atoms with Crippen molar-refractivity contribution < 1.29 is 28.9 Å². The number of hydrogen-bond acceptors (Lipinski definition) is 6. The third kappa shape index (κ3) is 3.57. The number of hydrogen-bond donors (Lipinski definition) is 2. The summed E-state index contributed by atoms with van der Waals surface area (Å²) in [6, 6.07) is 13.1. The number of amides is 1. The van der Waals surface area contributed by atoms with Gasteiger partial charge in [-0.1, -0.05) is 30.3 Å². The maximum atomic E-state index is 12.3. The van der Waals surface area contributed by atoms with Crippen LogP contribution < -0.4 is 9.64 Å². The Hall–Kier alpha value is -3.52. The molecule has 1 aliphatic rings. The smallest absolute Gasteiger partial charge is 0.414 e. The fourth-order valence-electron chi connectivity index (χ4n) is 3.73. The minimum atomic E-state index is -0.757. The molecule has 8 heteroatoms. The predicted molar refractivity (Wildman–Crippen MR) is 110 cm³/mol. The van der Waals surface area contributed by atoms with E-state index in [1.807, 2.05) is 30.3 Å². The number of carbonyl (C=O) groups excluding carboxylic acids is 2. The Morgan fingerprint density at radius 3 is 2.63 bits per heavy atom. The van der Waals surface area contributed by atoms with E-state index in [1.165, 1.54) is 19.1 Å². The quantitative estimate of drug-likeness (QED) is 0.641. The topological polar surface area (TPSA) is 101 Å². The van der Waals surface area contributed by atoms with Crippen LogP contribution in [0.3, 0.4) is 0 Å². The maximum absolute atomic E-state index is 12.3. The Kier molecular flexibility index (Phi) is 5.33. The number of esters is 1. The summed E-state index contributed by atoms with van der Waals surface area (Å²) in [6.45, 7) is 0.416. The van der Waals surface area contributed by atoms with Gasteiger partial charge in [-0.25, -0.2) is 9.59 Å². The van der Waals surface area contributed by atoms with Crippen LogP contribution in [-0.4, -0.2) is 49.0 Å². The lowest BCUT2D eigenvalue weighted by Crippen LogP contribution is -2.42. The van der Waals surface area contributed by atoms with E-state index in [9.17, 15) is 14.7 Å². The number of ether oxygens (including phenoxy) is 3. The first-order valence-corrected chi connectivity index (χ1v) is 9.49. The molecule has 2 heterocycles. The number of nitrogens with zero attached hydrogens (tertiary/aromatic N) is 1. The Labute approximate surface area is 173 Å². The number of methoxy groups -OCH3 is 2. The average Bonchev–Trinajstić information content (AvgIpc) is 3.23. The van der Waals surface area contributed by atoms with Crippen LogP contribution in [0.2, 0.25) is 0 Å². The highest BCUT2D eigenvalue weighted by atomic mass is 16.5. The Balaban J connectivity index is 1.85. The summed E-state index contributed by atoms with van der Waals surface area (Å²) < 4.78 is 15.8. The minimum Gasteiger partial charge on any atom is -0.487 e. The van der Waals surface area contributed by atoms with Crippen molar-refractivity contribution in [2.24, 2.45) is 0 Å². The molecule has 3 aromatic rings. The molecular weight excluding hydrogens is 388 g/mol. The van der Waals surface area contributed by atoms with Gasteiger partial charge in [-0.15, -0.1) is 0 Å². The molecule has 8 nitrogen and oxygen atoms in total. The van der Waals surface area contributed by atoms with Gasteiger partial charge in [0.15, 0.2) is 0 Å². The van der Waals surface area contributed by atoms with Crippen LogP contribution in [-0.2, 0) is 22.5 Å². The summed E-state index contributed by atoms with van der Waals surface area (Å²) in [5.41, 5.74) is 3.15. The second-order valence-corrected chi connectivity index (χ2v) is 7.05. The fourth-order valence-corrected chi connectivity index (χ4v) is 3.73. The van der Waals surface area contributed by atoms with Gasteiger partial charge in [-0.05, 0) is 17.2 Å². The van der Waals surface area contributed by atoms with Crippen LogP contribution in [0.25, 0.3) is 10.9 Å². The number of benzene rings is 2. The van der Waals surface area contributed by atoms with Gasteiger partial charge in [0.25, 0.3) is 0 Å². The van der Waals surface area contributed by atoms with Gasteiger partial charge in [0.2, 0.25) is 0 Å². The number of aliphatic hydroxyl groups is 1. The first-order chi connectivity index (χ1) is 14.5. The molecular formula is C22H22N2O6. The molecule has 30 heavy (non-hydrogen) atoms. The molecule has 1 atom stereocenters. The summed E-state index contributed by atoms with van der Waals surface area (Å²) in [5, 5.41) is 11.0. The fraction of sp³-hybridized carbons (Fsp3) is 0.273. The highest BCUT2D eigenvalue weighted by Gasteiger charge is 2.31. The van der Waals surface area contributed by atoms with E-state index in [2.05, 4.69) is 4.98 Å². The van der Waals surface area contributed by atoms with Gasteiger partial charge in [0.05, 0.1) is 38.1 Å². The molecule has 0 aliphatic carbocycles. The number of anilines is 1. The van der Waals surface area contributed by atoms with Crippen LogP contribution in [0, 0.1) is 0 Å². The lowest BCUT2D eigenvalue weighted by atomic mass is 9.96. The van der Waals surface area contributed by atoms with Crippen molar-refractivity contribution >= 4 is 28.7 Å². The summed E-state index contributed by atoms with van der Waals surface area (Å²) in [4.78, 5) is 28.9. The number of aromatic amines is 1. The summed E-state index contributed by atoms with van der Waals surface area (Å²) in [5.74, 6) is -0.0387. The van der Waals surface area contributed by atoms with Crippen molar-refractivity contribution in [3.8, 4) is 5.75 Å². The standard InChI is InChI=1S/C22H22N2O6/c1-28-21(26)17-9-16-15-8-14(25)11-24(22(27)29-2)18(15)10-19(20(16)23-17)30-12-13-6-4-3-5-7-13/h3-7,9-10,14,23,25H,8,11-12H2,1-2H3. The first-order valence-electron chi connectivity index (χ1n) is 9.49. The zero-order chi connectivity index (χ0) is 21.3. The van der Waals surface area contributed by atoms with Gasteiger partial charge < -0.3 is 24.3 Å². The van der Waals surface area contributed by atoms with Crippen LogP contribution in [0.5, 0.6) is 5.75 Å². The monoisotopic (exact) mass is 410 g/mol. The second-order valence-electron chi connectivity index (χ2n) is 7.05. The SMILES string of the molecule is COC(=O)c1cc2c3c(cc(OCc4ccccc4)c2[nH]1)N(C(=O)OC)CC(O)C3. The third-order valence-corrected chi connectivity index (χ3v) is 5.13. The molecule has 0 fully saturated rings. The van der Waals surface area contributed by atoms with Gasteiger partial charge in [0, 0.05) is 17.9 Å². The Morgan fingerprint density at radius 1 is 1.17 bits per heavy atom. The van der Waals surface area contributed by atoms with Crippen molar-refractivity contribution in [3.05, 3.63) is 59.3 Å². The normalized spacial score (nSPS) is 15.6. The van der Waals surface area contributed by atoms with Crippen molar-refractivity contribution in [2.75, 3.05) is 25.7 Å². The first kappa shape index (κ1) is 19.8. The van der Waals surface area contributed by atoms with E-state index in [-0.39, 0.29) is 12.2 Å². The molecule has 0 radical (unpaired) electrons. The zero-order valence-electron chi connectivity index (χ0n) is 16.7. The summed E-state index contributed by atoms with van der Waals surface area (Å²) >= 11 is 0. The second kappa shape index (κ2) is 8.08. The lowest BCUT2D eigenvalue weighted by molar-refractivity contribution is 0.0595. The summed E-state index contributed by atoms with van der Waals surface area (Å²) in [7, 11) is 2.60. The number of β-amino-alcohol motifs (C(OH)–C–C–N with tert-alkyl or cyclic N) is 1. The van der Waals surface area contributed by atoms with Gasteiger partial charge in [-0.3, -0.25) is 4.90 Å². The number of fused-ring (bicyclic) bond motifs is 3. The number of aromatic nitrogens is 1. The van der Waals surface area contributed by atoms with Crippen molar-refractivity contribution in [1.29, 1.82) is 0 Å². The number of carbonyl (C=O) groups is 2. The molecule has 0 spiro atoms. The van der Waals surface area contributed by atoms with Crippen LogP contribution in [0.1, 0.15) is 21.6 Å². The van der Waals surface area contributed by atoms with E-state index in [0.29, 0.717) is 35.4 Å². The molecule has 2 aromatic carbocycles. The van der Waals surface area contributed by atoms with E-state index < -0.39 is 18.2 Å². The largest absolute Gasteiger partial charge is 0.487 e. The molecule has 2 N–H and O–H groups in total. The van der Waals surface area contributed by atoms with E-state index in [1.54, 1.807) is 12.1 Å². The van der Waals surface area contributed by atoms with Crippen LogP contribution >= 0.6 is 0 Å². The van der Waals surface area contributed by atoms with Crippen molar-refractivity contribution in [1.82, 2.24) is 4.98 Å². The third-order valence-electron chi connectivity index (χ3n) is 5.13. The molecule has 1 unspecified atom stereocenters. The van der Waals surface area contributed by atoms with Crippen molar-refractivity contribution in [2.45, 2.75) is 19.1 Å². The van der Waals surface area contributed by atoms with E-state index in [0.717, 1.165) is 11.1 Å². The van der Waals surface area contributed by atoms with E-state index in [4.69, 9.17) is 14.2 Å². The number of H-pyrrole nitrogens is 1. The molecule has 0 saturated heterocycles. The van der Waals surface area contributed by atoms with E-state index >= 15 is 0 Å². The highest BCUT2D eigenvalue weighted by Crippen LogP contribution is 2.40.